The molecule has 0 saturated heterocycles. The third-order valence-corrected chi connectivity index (χ3v) is 1.39. The van der Waals surface area contributed by atoms with Gasteiger partial charge in [-0.3, -0.25) is 0 Å². The van der Waals surface area contributed by atoms with E-state index >= 15 is 0 Å². The standard InChI is InChI=1S/C6H8F3N3/c7-6(8,9)4(10)3-5-11-1-2-12-5/h1-2,4H,3,10H2,(H,11,12). The number of imidazole rings is 1. The molecule has 0 radical (unpaired) electrons. The Morgan fingerprint density at radius 3 is 2.67 bits per heavy atom. The predicted molar refractivity (Wildman–Crippen MR) is 36.3 cm³/mol. The third-order valence-electron chi connectivity index (χ3n) is 1.39. The number of aromatic amines is 1. The summed E-state index contributed by atoms with van der Waals surface area (Å²) in [4.78, 5) is 6.18. The van der Waals surface area contributed by atoms with Crippen LogP contribution in [0, 0.1) is 0 Å². The lowest BCUT2D eigenvalue weighted by molar-refractivity contribution is -0.147. The average Bonchev–Trinajstić information content (AvgIpc) is 2.37. The molecule has 3 nitrogen and oxygen atoms in total. The van der Waals surface area contributed by atoms with Crippen LogP contribution in [0.4, 0.5) is 13.2 Å². The van der Waals surface area contributed by atoms with E-state index in [-0.39, 0.29) is 12.2 Å². The molecule has 68 valence electrons. The van der Waals surface area contributed by atoms with Gasteiger partial charge in [0.1, 0.15) is 11.9 Å². The second-order valence-electron chi connectivity index (χ2n) is 2.39. The van der Waals surface area contributed by atoms with Gasteiger partial charge in [0.05, 0.1) is 0 Å². The lowest BCUT2D eigenvalue weighted by atomic mass is 10.2. The van der Waals surface area contributed by atoms with Crippen molar-refractivity contribution in [1.82, 2.24) is 9.97 Å². The first kappa shape index (κ1) is 9.05. The van der Waals surface area contributed by atoms with E-state index in [0.717, 1.165) is 0 Å². The zero-order valence-electron chi connectivity index (χ0n) is 6.10. The number of alkyl halides is 3. The minimum Gasteiger partial charge on any atom is -0.349 e. The molecule has 1 aromatic rings. The first-order valence-corrected chi connectivity index (χ1v) is 3.30. The van der Waals surface area contributed by atoms with Crippen LogP contribution in [0.3, 0.4) is 0 Å². The highest BCUT2D eigenvalue weighted by Crippen LogP contribution is 2.20. The van der Waals surface area contributed by atoms with Crippen LogP contribution in [0.1, 0.15) is 5.82 Å². The Bertz CT molecular complexity index is 229. The summed E-state index contributed by atoms with van der Waals surface area (Å²) in [5.41, 5.74) is 4.86. The summed E-state index contributed by atoms with van der Waals surface area (Å²) in [6.07, 6.45) is -1.82. The molecule has 1 heterocycles. The van der Waals surface area contributed by atoms with E-state index in [1.165, 1.54) is 12.4 Å². The molecule has 0 amide bonds. The Labute approximate surface area is 66.8 Å². The molecule has 1 aromatic heterocycles. The molecule has 0 bridgehead atoms. The highest BCUT2D eigenvalue weighted by molar-refractivity contribution is 4.92. The number of hydrogen-bond donors (Lipinski definition) is 2. The van der Waals surface area contributed by atoms with Gasteiger partial charge in [0.25, 0.3) is 0 Å². The maximum absolute atomic E-state index is 11.9. The van der Waals surface area contributed by atoms with E-state index in [1.807, 2.05) is 0 Å². The molecule has 3 N–H and O–H groups in total. The van der Waals surface area contributed by atoms with Crippen molar-refractivity contribution >= 4 is 0 Å². The van der Waals surface area contributed by atoms with E-state index in [0.29, 0.717) is 0 Å². The molecule has 1 atom stereocenters. The summed E-state index contributed by atoms with van der Waals surface area (Å²) in [7, 11) is 0. The lowest BCUT2D eigenvalue weighted by Crippen LogP contribution is -2.39. The zero-order chi connectivity index (χ0) is 9.19. The van der Waals surface area contributed by atoms with Crippen LogP contribution in [-0.4, -0.2) is 22.2 Å². The Balaban J connectivity index is 2.53. The maximum atomic E-state index is 11.9. The number of aromatic nitrogens is 2. The minimum atomic E-state index is -4.35. The number of halogens is 3. The van der Waals surface area contributed by atoms with E-state index in [4.69, 9.17) is 5.73 Å². The van der Waals surface area contributed by atoms with Crippen molar-refractivity contribution in [3.05, 3.63) is 18.2 Å². The second kappa shape index (κ2) is 3.14. The molecule has 0 spiro atoms. The molecule has 1 rings (SSSR count). The molecule has 0 saturated carbocycles. The number of nitrogens with zero attached hydrogens (tertiary/aromatic N) is 1. The number of H-pyrrole nitrogens is 1. The van der Waals surface area contributed by atoms with E-state index in [2.05, 4.69) is 9.97 Å². The van der Waals surface area contributed by atoms with Gasteiger partial charge >= 0.3 is 6.18 Å². The molecular formula is C6H8F3N3. The van der Waals surface area contributed by atoms with Gasteiger partial charge in [0.15, 0.2) is 0 Å². The van der Waals surface area contributed by atoms with E-state index < -0.39 is 12.2 Å². The zero-order valence-corrected chi connectivity index (χ0v) is 6.10. The van der Waals surface area contributed by atoms with Crippen LogP contribution >= 0.6 is 0 Å². The van der Waals surface area contributed by atoms with Gasteiger partial charge in [-0.25, -0.2) is 4.98 Å². The number of nitrogens with two attached hydrogens (primary N) is 1. The summed E-state index contributed by atoms with van der Waals surface area (Å²) >= 11 is 0. The molecule has 12 heavy (non-hydrogen) atoms. The Morgan fingerprint density at radius 2 is 2.25 bits per heavy atom. The SMILES string of the molecule is NC(Cc1ncc[nH]1)C(F)(F)F. The van der Waals surface area contributed by atoms with Crippen molar-refractivity contribution in [3.63, 3.8) is 0 Å². The van der Waals surface area contributed by atoms with Gasteiger partial charge in [0.2, 0.25) is 0 Å². The fourth-order valence-corrected chi connectivity index (χ4v) is 0.734. The van der Waals surface area contributed by atoms with E-state index in [9.17, 15) is 13.2 Å². The summed E-state index contributed by atoms with van der Waals surface area (Å²) in [5, 5.41) is 0. The van der Waals surface area contributed by atoms with Crippen LogP contribution in [0.5, 0.6) is 0 Å². The van der Waals surface area contributed by atoms with Crippen LogP contribution in [0.2, 0.25) is 0 Å². The highest BCUT2D eigenvalue weighted by Gasteiger charge is 2.36. The normalized spacial score (nSPS) is 14.7. The fraction of sp³-hybridized carbons (Fsp3) is 0.500. The van der Waals surface area contributed by atoms with Gasteiger partial charge in [-0.2, -0.15) is 13.2 Å². The second-order valence-corrected chi connectivity index (χ2v) is 2.39. The lowest BCUT2D eigenvalue weighted by Gasteiger charge is -2.13. The molecule has 0 aliphatic heterocycles. The summed E-state index contributed by atoms with van der Waals surface area (Å²) < 4.78 is 35.6. The van der Waals surface area contributed by atoms with Crippen molar-refractivity contribution in [1.29, 1.82) is 0 Å². The highest BCUT2D eigenvalue weighted by atomic mass is 19.4. The van der Waals surface area contributed by atoms with Gasteiger partial charge in [-0.05, 0) is 0 Å². The van der Waals surface area contributed by atoms with Gasteiger partial charge in [-0.1, -0.05) is 0 Å². The molecule has 6 heteroatoms. The van der Waals surface area contributed by atoms with Crippen molar-refractivity contribution < 1.29 is 13.2 Å². The van der Waals surface area contributed by atoms with Crippen molar-refractivity contribution in [2.45, 2.75) is 18.6 Å². The first-order chi connectivity index (χ1) is 5.50. The fourth-order valence-electron chi connectivity index (χ4n) is 0.734. The predicted octanol–water partition coefficient (Wildman–Crippen LogP) is 0.842. The van der Waals surface area contributed by atoms with Crippen LogP contribution in [0.15, 0.2) is 12.4 Å². The minimum absolute atomic E-state index is 0.250. The first-order valence-electron chi connectivity index (χ1n) is 3.30. The molecule has 0 aliphatic rings. The Hall–Kier alpha value is -1.04. The molecule has 0 aromatic carbocycles. The van der Waals surface area contributed by atoms with Crippen molar-refractivity contribution in [2.24, 2.45) is 5.73 Å². The van der Waals surface area contributed by atoms with Crippen LogP contribution < -0.4 is 5.73 Å². The van der Waals surface area contributed by atoms with E-state index in [1.54, 1.807) is 0 Å². The smallest absolute Gasteiger partial charge is 0.349 e. The molecule has 1 unspecified atom stereocenters. The number of rotatable bonds is 2. The Kier molecular flexibility index (Phi) is 2.37. The third kappa shape index (κ3) is 2.23. The maximum Gasteiger partial charge on any atom is 0.404 e. The van der Waals surface area contributed by atoms with Crippen LogP contribution in [0.25, 0.3) is 0 Å². The van der Waals surface area contributed by atoms with Gasteiger partial charge < -0.3 is 10.7 Å². The molecule has 0 aliphatic carbocycles. The van der Waals surface area contributed by atoms with Crippen molar-refractivity contribution in [3.8, 4) is 0 Å². The van der Waals surface area contributed by atoms with Gasteiger partial charge in [-0.15, -0.1) is 0 Å². The van der Waals surface area contributed by atoms with Gasteiger partial charge in [0, 0.05) is 18.8 Å². The van der Waals surface area contributed by atoms with Crippen LogP contribution in [-0.2, 0) is 6.42 Å². The number of nitrogens with one attached hydrogen (secondary N) is 1. The monoisotopic (exact) mass is 179 g/mol. The summed E-state index contributed by atoms with van der Waals surface area (Å²) in [6, 6.07) is -1.84. The summed E-state index contributed by atoms with van der Waals surface area (Å²) in [6.45, 7) is 0. The topological polar surface area (TPSA) is 54.7 Å². The Morgan fingerprint density at radius 1 is 1.58 bits per heavy atom. The average molecular weight is 179 g/mol. The molecule has 0 fully saturated rings. The number of hydrogen-bond acceptors (Lipinski definition) is 2. The quantitative estimate of drug-likeness (QED) is 0.706. The molecular weight excluding hydrogens is 171 g/mol. The summed E-state index contributed by atoms with van der Waals surface area (Å²) in [5.74, 6) is 0.250. The largest absolute Gasteiger partial charge is 0.404 e. The van der Waals surface area contributed by atoms with Crippen molar-refractivity contribution in [2.75, 3.05) is 0 Å².